The van der Waals surface area contributed by atoms with E-state index in [1.165, 1.54) is 0 Å². The normalized spacial score (nSPS) is 10.9. The Hall–Kier alpha value is -2.47. The first-order chi connectivity index (χ1) is 13.0. The summed E-state index contributed by atoms with van der Waals surface area (Å²) >= 11 is 0. The highest BCUT2D eigenvalue weighted by molar-refractivity contribution is 5.78. The van der Waals surface area contributed by atoms with Crippen molar-refractivity contribution in [3.8, 4) is 11.5 Å². The van der Waals surface area contributed by atoms with Crippen LogP contribution in [0.2, 0.25) is 0 Å². The van der Waals surface area contributed by atoms with Gasteiger partial charge in [0.15, 0.2) is 11.5 Å². The maximum absolute atomic E-state index is 12.7. The quantitative estimate of drug-likeness (QED) is 0.655. The van der Waals surface area contributed by atoms with Gasteiger partial charge in [0.2, 0.25) is 5.91 Å². The highest BCUT2D eigenvalue weighted by Gasteiger charge is 2.16. The van der Waals surface area contributed by atoms with Crippen molar-refractivity contribution in [2.75, 3.05) is 33.9 Å². The van der Waals surface area contributed by atoms with Crippen molar-refractivity contribution in [2.45, 2.75) is 26.8 Å². The molecule has 1 amide bonds. The van der Waals surface area contributed by atoms with E-state index in [1.807, 2.05) is 35.2 Å². The maximum atomic E-state index is 12.7. The third-order valence-corrected chi connectivity index (χ3v) is 4.23. The first kappa shape index (κ1) is 20.8. The van der Waals surface area contributed by atoms with Crippen molar-refractivity contribution >= 4 is 5.91 Å². The van der Waals surface area contributed by atoms with Crippen molar-refractivity contribution in [3.63, 3.8) is 0 Å². The lowest BCUT2D eigenvalue weighted by Gasteiger charge is -2.22. The number of hydrogen-bond acceptors (Lipinski definition) is 5. The molecular formula is C21H30N2O4. The van der Waals surface area contributed by atoms with Crippen LogP contribution >= 0.6 is 0 Å². The van der Waals surface area contributed by atoms with Gasteiger partial charge < -0.3 is 24.1 Å². The van der Waals surface area contributed by atoms with Crippen LogP contribution < -0.4 is 14.8 Å². The molecule has 0 aliphatic heterocycles. The second-order valence-corrected chi connectivity index (χ2v) is 6.86. The summed E-state index contributed by atoms with van der Waals surface area (Å²) in [4.78, 5) is 14.5. The number of ether oxygens (including phenoxy) is 2. The van der Waals surface area contributed by atoms with Crippen LogP contribution in [-0.2, 0) is 17.8 Å². The number of amides is 1. The Morgan fingerprint density at radius 3 is 2.59 bits per heavy atom. The van der Waals surface area contributed by atoms with Gasteiger partial charge in [0, 0.05) is 6.54 Å². The standard InChI is InChI=1S/C21H30N2O4/c1-16(2)13-22-14-21(24)23(15-18-6-5-11-27-18)10-9-17-7-8-19(25-3)20(12-17)26-4/h5-8,11-12,16,22H,9-10,13-15H2,1-4H3. The molecule has 1 heterocycles. The lowest BCUT2D eigenvalue weighted by Crippen LogP contribution is -2.39. The zero-order valence-electron chi connectivity index (χ0n) is 16.7. The van der Waals surface area contributed by atoms with Gasteiger partial charge in [-0.2, -0.15) is 0 Å². The SMILES string of the molecule is COc1ccc(CCN(Cc2ccco2)C(=O)CNCC(C)C)cc1OC. The molecule has 0 aliphatic rings. The number of nitrogens with zero attached hydrogens (tertiary/aromatic N) is 1. The predicted molar refractivity (Wildman–Crippen MR) is 105 cm³/mol. The summed E-state index contributed by atoms with van der Waals surface area (Å²) in [6, 6.07) is 9.55. The van der Waals surface area contributed by atoms with Gasteiger partial charge in [-0.3, -0.25) is 4.79 Å². The van der Waals surface area contributed by atoms with Gasteiger partial charge in [0.1, 0.15) is 5.76 Å². The van der Waals surface area contributed by atoms with E-state index in [2.05, 4.69) is 19.2 Å². The van der Waals surface area contributed by atoms with Crippen LogP contribution in [0.1, 0.15) is 25.2 Å². The molecule has 0 bridgehead atoms. The Labute approximate surface area is 161 Å². The third-order valence-electron chi connectivity index (χ3n) is 4.23. The maximum Gasteiger partial charge on any atom is 0.236 e. The minimum Gasteiger partial charge on any atom is -0.493 e. The highest BCUT2D eigenvalue weighted by Crippen LogP contribution is 2.27. The third kappa shape index (κ3) is 6.64. The molecule has 2 rings (SSSR count). The van der Waals surface area contributed by atoms with Crippen molar-refractivity contribution < 1.29 is 18.7 Å². The molecule has 1 aromatic heterocycles. The number of furan rings is 1. The average Bonchev–Trinajstić information content (AvgIpc) is 3.17. The minimum atomic E-state index is 0.0625. The van der Waals surface area contributed by atoms with Gasteiger partial charge >= 0.3 is 0 Å². The summed E-state index contributed by atoms with van der Waals surface area (Å²) in [6.07, 6.45) is 2.35. The predicted octanol–water partition coefficient (Wildman–Crippen LogP) is 3.11. The summed E-state index contributed by atoms with van der Waals surface area (Å²) in [5.74, 6) is 2.73. The molecule has 0 fully saturated rings. The van der Waals surface area contributed by atoms with Gasteiger partial charge in [0.25, 0.3) is 0 Å². The molecule has 0 unspecified atom stereocenters. The van der Waals surface area contributed by atoms with Gasteiger partial charge in [-0.05, 0) is 48.7 Å². The number of carbonyl (C=O) groups is 1. The lowest BCUT2D eigenvalue weighted by atomic mass is 10.1. The van der Waals surface area contributed by atoms with E-state index >= 15 is 0 Å². The molecule has 0 aliphatic carbocycles. The molecule has 0 radical (unpaired) electrons. The molecule has 148 valence electrons. The van der Waals surface area contributed by atoms with Crippen molar-refractivity contribution in [3.05, 3.63) is 47.9 Å². The van der Waals surface area contributed by atoms with Gasteiger partial charge in [-0.15, -0.1) is 0 Å². The number of carbonyl (C=O) groups excluding carboxylic acids is 1. The largest absolute Gasteiger partial charge is 0.493 e. The Morgan fingerprint density at radius 1 is 1.19 bits per heavy atom. The van der Waals surface area contributed by atoms with Crippen molar-refractivity contribution in [1.82, 2.24) is 10.2 Å². The van der Waals surface area contributed by atoms with E-state index in [-0.39, 0.29) is 5.91 Å². The number of hydrogen-bond donors (Lipinski definition) is 1. The topological polar surface area (TPSA) is 63.9 Å². The molecule has 1 aromatic carbocycles. The van der Waals surface area contributed by atoms with Crippen LogP contribution in [0, 0.1) is 5.92 Å². The summed E-state index contributed by atoms with van der Waals surface area (Å²) in [6.45, 7) is 6.44. The van der Waals surface area contributed by atoms with Gasteiger partial charge in [-0.25, -0.2) is 0 Å². The highest BCUT2D eigenvalue weighted by atomic mass is 16.5. The van der Waals surface area contributed by atoms with E-state index in [0.29, 0.717) is 37.1 Å². The van der Waals surface area contributed by atoms with Crippen LogP contribution in [0.5, 0.6) is 11.5 Å². The first-order valence-corrected chi connectivity index (χ1v) is 9.25. The van der Waals surface area contributed by atoms with E-state index in [1.54, 1.807) is 20.5 Å². The van der Waals surface area contributed by atoms with Crippen LogP contribution in [0.25, 0.3) is 0 Å². The molecule has 6 nitrogen and oxygen atoms in total. The molecule has 0 saturated carbocycles. The number of nitrogens with one attached hydrogen (secondary N) is 1. The molecule has 0 atom stereocenters. The molecule has 6 heteroatoms. The lowest BCUT2D eigenvalue weighted by molar-refractivity contribution is -0.131. The van der Waals surface area contributed by atoms with Crippen molar-refractivity contribution in [1.29, 1.82) is 0 Å². The number of methoxy groups -OCH3 is 2. The Morgan fingerprint density at radius 2 is 1.96 bits per heavy atom. The molecule has 0 spiro atoms. The molecule has 0 saturated heterocycles. The van der Waals surface area contributed by atoms with Crippen LogP contribution in [0.15, 0.2) is 41.0 Å². The summed E-state index contributed by atoms with van der Waals surface area (Å²) in [5.41, 5.74) is 1.08. The van der Waals surface area contributed by atoms with Crippen molar-refractivity contribution in [2.24, 2.45) is 5.92 Å². The van der Waals surface area contributed by atoms with E-state index in [0.717, 1.165) is 24.3 Å². The Balaban J connectivity index is 2.01. The molecule has 27 heavy (non-hydrogen) atoms. The van der Waals surface area contributed by atoms with Gasteiger partial charge in [-0.1, -0.05) is 19.9 Å². The summed E-state index contributed by atoms with van der Waals surface area (Å²) in [7, 11) is 3.24. The van der Waals surface area contributed by atoms with E-state index in [9.17, 15) is 4.79 Å². The smallest absolute Gasteiger partial charge is 0.236 e. The number of benzene rings is 1. The molecule has 1 N–H and O–H groups in total. The summed E-state index contributed by atoms with van der Waals surface area (Å²) in [5, 5.41) is 3.22. The first-order valence-electron chi connectivity index (χ1n) is 9.25. The fourth-order valence-corrected chi connectivity index (χ4v) is 2.76. The van der Waals surface area contributed by atoms with Crippen LogP contribution in [0.4, 0.5) is 0 Å². The fourth-order valence-electron chi connectivity index (χ4n) is 2.76. The monoisotopic (exact) mass is 374 g/mol. The van der Waals surface area contributed by atoms with Crippen LogP contribution in [-0.4, -0.2) is 44.7 Å². The van der Waals surface area contributed by atoms with E-state index < -0.39 is 0 Å². The van der Waals surface area contributed by atoms with E-state index in [4.69, 9.17) is 13.9 Å². The molecule has 2 aromatic rings. The zero-order valence-corrected chi connectivity index (χ0v) is 16.7. The second-order valence-electron chi connectivity index (χ2n) is 6.86. The zero-order chi connectivity index (χ0) is 19.6. The van der Waals surface area contributed by atoms with Gasteiger partial charge in [0.05, 0.1) is 33.6 Å². The minimum absolute atomic E-state index is 0.0625. The second kappa shape index (κ2) is 10.6. The fraction of sp³-hybridized carbons (Fsp3) is 0.476. The van der Waals surface area contributed by atoms with Crippen LogP contribution in [0.3, 0.4) is 0 Å². The molecular weight excluding hydrogens is 344 g/mol. The Bertz CT molecular complexity index is 698. The summed E-state index contributed by atoms with van der Waals surface area (Å²) < 4.78 is 16.1. The number of rotatable bonds is 11. The average molecular weight is 374 g/mol. The Kier molecular flexibility index (Phi) is 8.20.